The molecule has 1 aromatic carbocycles. The molecule has 1 N–H and O–H groups in total. The maximum Gasteiger partial charge on any atom is 0.253 e. The molecule has 0 bridgehead atoms. The Labute approximate surface area is 114 Å². The van der Waals surface area contributed by atoms with Gasteiger partial charge in [0, 0.05) is 25.7 Å². The molecule has 0 saturated carbocycles. The molecule has 106 valence electrons. The highest BCUT2D eigenvalue weighted by molar-refractivity contribution is 7.89. The van der Waals surface area contributed by atoms with Crippen LogP contribution in [-0.4, -0.2) is 39.4 Å². The van der Waals surface area contributed by atoms with Crippen LogP contribution in [0.25, 0.3) is 0 Å². The predicted octanol–water partition coefficient (Wildman–Crippen LogP) is 1.39. The van der Waals surface area contributed by atoms with E-state index in [1.807, 2.05) is 6.92 Å². The largest absolute Gasteiger partial charge is 0.342 e. The normalized spacial score (nSPS) is 11.4. The summed E-state index contributed by atoms with van der Waals surface area (Å²) in [5.74, 6) is -0.113. The number of sulfonamides is 1. The highest BCUT2D eigenvalue weighted by Gasteiger charge is 2.18. The molecule has 0 atom stereocenters. The van der Waals surface area contributed by atoms with Crippen molar-refractivity contribution in [3.63, 3.8) is 0 Å². The zero-order valence-corrected chi connectivity index (χ0v) is 12.5. The molecule has 5 nitrogen and oxygen atoms in total. The number of nitrogens with zero attached hydrogens (tertiary/aromatic N) is 1. The third-order valence-electron chi connectivity index (χ3n) is 2.87. The fourth-order valence-corrected chi connectivity index (χ4v) is 2.98. The molecule has 0 spiro atoms. The van der Waals surface area contributed by atoms with Gasteiger partial charge in [0.2, 0.25) is 10.0 Å². The first-order valence-corrected chi connectivity index (χ1v) is 7.67. The van der Waals surface area contributed by atoms with E-state index in [9.17, 15) is 13.2 Å². The minimum absolute atomic E-state index is 0.113. The molecule has 1 amide bonds. The van der Waals surface area contributed by atoms with Gasteiger partial charge in [0.25, 0.3) is 5.91 Å². The third-order valence-corrected chi connectivity index (χ3v) is 4.57. The predicted molar refractivity (Wildman–Crippen MR) is 74.7 cm³/mol. The second-order valence-electron chi connectivity index (χ2n) is 4.30. The van der Waals surface area contributed by atoms with E-state index >= 15 is 0 Å². The number of amides is 1. The first kappa shape index (κ1) is 15.7. The molecule has 0 fully saturated rings. The molecule has 19 heavy (non-hydrogen) atoms. The van der Waals surface area contributed by atoms with Gasteiger partial charge in [-0.15, -0.1) is 0 Å². The summed E-state index contributed by atoms with van der Waals surface area (Å²) in [5.41, 5.74) is 1.06. The van der Waals surface area contributed by atoms with E-state index in [2.05, 4.69) is 4.72 Å². The third kappa shape index (κ3) is 3.54. The Morgan fingerprint density at radius 2 is 1.95 bits per heavy atom. The molecule has 0 aliphatic heterocycles. The van der Waals surface area contributed by atoms with E-state index < -0.39 is 10.0 Å². The van der Waals surface area contributed by atoms with Crippen molar-refractivity contribution in [2.75, 3.05) is 20.1 Å². The van der Waals surface area contributed by atoms with Crippen LogP contribution in [0.1, 0.15) is 29.8 Å². The number of rotatable bonds is 5. The highest BCUT2D eigenvalue weighted by atomic mass is 32.2. The number of hydrogen-bond donors (Lipinski definition) is 1. The molecule has 0 aliphatic rings. The first-order valence-electron chi connectivity index (χ1n) is 6.19. The average Bonchev–Trinajstić information content (AvgIpc) is 2.36. The van der Waals surface area contributed by atoms with E-state index in [0.29, 0.717) is 24.2 Å². The van der Waals surface area contributed by atoms with Gasteiger partial charge >= 0.3 is 0 Å². The average molecular weight is 284 g/mol. The second-order valence-corrected chi connectivity index (χ2v) is 6.04. The summed E-state index contributed by atoms with van der Waals surface area (Å²) in [7, 11) is -1.77. The van der Waals surface area contributed by atoms with Crippen LogP contribution in [0.3, 0.4) is 0 Å². The summed E-state index contributed by atoms with van der Waals surface area (Å²) in [5, 5.41) is 0. The Hall–Kier alpha value is -1.40. The van der Waals surface area contributed by atoms with Crippen molar-refractivity contribution in [1.82, 2.24) is 9.62 Å². The SMILES string of the molecule is CCNS(=O)(=O)c1ccc(C(=O)N(C)CC)cc1C. The zero-order chi connectivity index (χ0) is 14.6. The number of carbonyl (C=O) groups is 1. The lowest BCUT2D eigenvalue weighted by Crippen LogP contribution is -2.27. The van der Waals surface area contributed by atoms with E-state index in [-0.39, 0.29) is 10.8 Å². The van der Waals surface area contributed by atoms with E-state index in [1.54, 1.807) is 37.9 Å². The number of carbonyl (C=O) groups excluding carboxylic acids is 1. The van der Waals surface area contributed by atoms with Gasteiger partial charge in [-0.05, 0) is 37.6 Å². The summed E-state index contributed by atoms with van der Waals surface area (Å²) in [4.78, 5) is 13.8. The number of benzene rings is 1. The molecule has 1 rings (SSSR count). The van der Waals surface area contributed by atoms with Crippen LogP contribution in [0.4, 0.5) is 0 Å². The van der Waals surface area contributed by atoms with Crippen molar-refractivity contribution in [2.24, 2.45) is 0 Å². The van der Waals surface area contributed by atoms with Crippen LogP contribution in [0.2, 0.25) is 0 Å². The van der Waals surface area contributed by atoms with Gasteiger partial charge in [0.05, 0.1) is 4.90 Å². The summed E-state index contributed by atoms with van der Waals surface area (Å²) < 4.78 is 26.3. The smallest absolute Gasteiger partial charge is 0.253 e. The fraction of sp³-hybridized carbons (Fsp3) is 0.462. The van der Waals surface area contributed by atoms with E-state index in [1.165, 1.54) is 6.07 Å². The minimum Gasteiger partial charge on any atom is -0.342 e. The Kier molecular flexibility index (Phi) is 5.08. The van der Waals surface area contributed by atoms with E-state index in [0.717, 1.165) is 0 Å². The van der Waals surface area contributed by atoms with Gasteiger partial charge in [-0.2, -0.15) is 0 Å². The monoisotopic (exact) mass is 284 g/mol. The van der Waals surface area contributed by atoms with Crippen LogP contribution in [0.15, 0.2) is 23.1 Å². The van der Waals surface area contributed by atoms with Crippen molar-refractivity contribution >= 4 is 15.9 Å². The zero-order valence-electron chi connectivity index (χ0n) is 11.7. The molecule has 0 aromatic heterocycles. The number of hydrogen-bond acceptors (Lipinski definition) is 3. The number of nitrogens with one attached hydrogen (secondary N) is 1. The summed E-state index contributed by atoms with van der Waals surface area (Å²) in [6, 6.07) is 4.63. The van der Waals surface area contributed by atoms with Crippen molar-refractivity contribution in [2.45, 2.75) is 25.7 Å². The molecular weight excluding hydrogens is 264 g/mol. The first-order chi connectivity index (χ1) is 8.83. The molecule has 6 heteroatoms. The van der Waals surface area contributed by atoms with Gasteiger partial charge < -0.3 is 4.90 Å². The van der Waals surface area contributed by atoms with Crippen LogP contribution in [0.5, 0.6) is 0 Å². The Bertz CT molecular complexity index is 567. The summed E-state index contributed by atoms with van der Waals surface area (Å²) >= 11 is 0. The van der Waals surface area contributed by atoms with Crippen molar-refractivity contribution < 1.29 is 13.2 Å². The van der Waals surface area contributed by atoms with Crippen molar-refractivity contribution in [3.05, 3.63) is 29.3 Å². The number of aryl methyl sites for hydroxylation is 1. The minimum atomic E-state index is -3.48. The van der Waals surface area contributed by atoms with Crippen LogP contribution < -0.4 is 4.72 Å². The van der Waals surface area contributed by atoms with Crippen molar-refractivity contribution in [1.29, 1.82) is 0 Å². The molecular formula is C13H20N2O3S. The van der Waals surface area contributed by atoms with E-state index in [4.69, 9.17) is 0 Å². The second kappa shape index (κ2) is 6.16. The molecule has 0 radical (unpaired) electrons. The van der Waals surface area contributed by atoms with Gasteiger partial charge in [0.1, 0.15) is 0 Å². The Morgan fingerprint density at radius 1 is 1.32 bits per heavy atom. The standard InChI is InChI=1S/C13H20N2O3S/c1-5-14-19(17,18)12-8-7-11(9-10(12)3)13(16)15(4)6-2/h7-9,14H,5-6H2,1-4H3. The van der Waals surface area contributed by atoms with Crippen molar-refractivity contribution in [3.8, 4) is 0 Å². The fourth-order valence-electron chi connectivity index (χ4n) is 1.72. The van der Waals surface area contributed by atoms with Crippen LogP contribution in [0, 0.1) is 6.92 Å². The van der Waals surface area contributed by atoms with Gasteiger partial charge in [-0.1, -0.05) is 6.92 Å². The van der Waals surface area contributed by atoms with Crippen LogP contribution in [-0.2, 0) is 10.0 Å². The summed E-state index contributed by atoms with van der Waals surface area (Å²) in [6.07, 6.45) is 0. The highest BCUT2D eigenvalue weighted by Crippen LogP contribution is 2.17. The Morgan fingerprint density at radius 3 is 2.42 bits per heavy atom. The Balaban J connectivity index is 3.15. The molecule has 0 heterocycles. The molecule has 0 saturated heterocycles. The topological polar surface area (TPSA) is 66.5 Å². The van der Waals surface area contributed by atoms with Gasteiger partial charge in [-0.3, -0.25) is 4.79 Å². The molecule has 0 unspecified atom stereocenters. The van der Waals surface area contributed by atoms with Gasteiger partial charge in [0.15, 0.2) is 0 Å². The maximum atomic E-state index is 12.0. The van der Waals surface area contributed by atoms with Gasteiger partial charge in [-0.25, -0.2) is 13.1 Å². The van der Waals surface area contributed by atoms with Crippen LogP contribution >= 0.6 is 0 Å². The quantitative estimate of drug-likeness (QED) is 0.888. The molecule has 1 aromatic rings. The maximum absolute atomic E-state index is 12.0. The lowest BCUT2D eigenvalue weighted by molar-refractivity contribution is 0.0802. The summed E-state index contributed by atoms with van der Waals surface area (Å²) in [6.45, 7) is 6.24. The lowest BCUT2D eigenvalue weighted by Gasteiger charge is -2.15. The lowest BCUT2D eigenvalue weighted by atomic mass is 10.1. The molecule has 0 aliphatic carbocycles.